The molecule has 4 aromatic rings. The number of hydrogen-bond acceptors (Lipinski definition) is 5. The molecule has 1 aliphatic heterocycles. The third-order valence-corrected chi connectivity index (χ3v) is 6.55. The van der Waals surface area contributed by atoms with Crippen LogP contribution in [-0.2, 0) is 6.54 Å². The van der Waals surface area contributed by atoms with Crippen LogP contribution in [0, 0.1) is 6.92 Å². The Morgan fingerprint density at radius 2 is 1.88 bits per heavy atom. The third-order valence-electron chi connectivity index (χ3n) is 6.55. The zero-order valence-electron chi connectivity index (χ0n) is 19.4. The van der Waals surface area contributed by atoms with Gasteiger partial charge in [0.15, 0.2) is 11.5 Å². The Labute approximate surface area is 194 Å². The van der Waals surface area contributed by atoms with E-state index in [9.17, 15) is 0 Å². The molecule has 0 spiro atoms. The second-order valence-electron chi connectivity index (χ2n) is 8.56. The summed E-state index contributed by atoms with van der Waals surface area (Å²) < 4.78 is 13.5. The minimum Gasteiger partial charge on any atom is -0.493 e. The van der Waals surface area contributed by atoms with E-state index in [0.29, 0.717) is 0 Å². The van der Waals surface area contributed by atoms with Crippen LogP contribution in [0.25, 0.3) is 5.65 Å². The summed E-state index contributed by atoms with van der Waals surface area (Å²) in [5.74, 6) is 1.55. The molecule has 2 atom stereocenters. The van der Waals surface area contributed by atoms with Crippen LogP contribution in [0.4, 0.5) is 5.69 Å². The number of anilines is 1. The van der Waals surface area contributed by atoms with Crippen LogP contribution >= 0.6 is 0 Å². The van der Waals surface area contributed by atoms with Gasteiger partial charge in [-0.1, -0.05) is 42.0 Å². The molecule has 2 unspecified atom stereocenters. The lowest BCUT2D eigenvalue weighted by atomic mass is 9.97. The lowest BCUT2D eigenvalue weighted by Gasteiger charge is -2.32. The van der Waals surface area contributed by atoms with E-state index in [-0.39, 0.29) is 12.1 Å². The first kappa shape index (κ1) is 21.3. The number of benzene rings is 2. The molecule has 1 saturated heterocycles. The quantitative estimate of drug-likeness (QED) is 0.447. The molecule has 5 rings (SSSR count). The van der Waals surface area contributed by atoms with Gasteiger partial charge in [-0.2, -0.15) is 0 Å². The number of aryl methyl sites for hydroxylation is 1. The van der Waals surface area contributed by atoms with Crippen LogP contribution in [0.2, 0.25) is 0 Å². The molecule has 33 heavy (non-hydrogen) atoms. The van der Waals surface area contributed by atoms with Crippen molar-refractivity contribution in [3.05, 3.63) is 89.9 Å². The molecule has 2 aromatic carbocycles. The van der Waals surface area contributed by atoms with Crippen LogP contribution in [-0.4, -0.2) is 36.2 Å². The van der Waals surface area contributed by atoms with E-state index in [1.54, 1.807) is 14.2 Å². The highest BCUT2D eigenvalue weighted by Crippen LogP contribution is 2.43. The van der Waals surface area contributed by atoms with Crippen LogP contribution in [0.1, 0.15) is 29.2 Å². The zero-order valence-corrected chi connectivity index (χ0v) is 19.4. The number of hydrogen-bond donors (Lipinski definition) is 1. The molecule has 170 valence electrons. The lowest BCUT2D eigenvalue weighted by Crippen LogP contribution is -2.36. The molecule has 3 heterocycles. The topological polar surface area (TPSA) is 51.0 Å². The number of ether oxygens (including phenoxy) is 2. The number of nitrogens with zero attached hydrogens (tertiary/aromatic N) is 3. The average Bonchev–Trinajstić information content (AvgIpc) is 3.49. The molecular formula is C27H30N4O2. The number of methoxy groups -OCH3 is 2. The van der Waals surface area contributed by atoms with E-state index in [4.69, 9.17) is 9.47 Å². The van der Waals surface area contributed by atoms with Gasteiger partial charge in [0.05, 0.1) is 20.3 Å². The van der Waals surface area contributed by atoms with Crippen molar-refractivity contribution in [3.63, 3.8) is 0 Å². The Morgan fingerprint density at radius 3 is 2.67 bits per heavy atom. The van der Waals surface area contributed by atoms with Crippen molar-refractivity contribution in [2.45, 2.75) is 32.0 Å². The fraction of sp³-hybridized carbons (Fsp3) is 0.296. The molecule has 1 N–H and O–H groups in total. The highest BCUT2D eigenvalue weighted by molar-refractivity contribution is 5.60. The predicted molar refractivity (Wildman–Crippen MR) is 131 cm³/mol. The maximum absolute atomic E-state index is 5.85. The van der Waals surface area contributed by atoms with Crippen LogP contribution in [0.3, 0.4) is 0 Å². The van der Waals surface area contributed by atoms with E-state index >= 15 is 0 Å². The summed E-state index contributed by atoms with van der Waals surface area (Å²) in [6.45, 7) is 3.88. The number of pyridine rings is 1. The molecule has 1 fully saturated rings. The normalized spacial score (nSPS) is 18.1. The Morgan fingerprint density at radius 1 is 1.03 bits per heavy atom. The average molecular weight is 443 g/mol. The van der Waals surface area contributed by atoms with Crippen molar-refractivity contribution >= 4 is 11.3 Å². The molecule has 0 aliphatic carbocycles. The highest BCUT2D eigenvalue weighted by Gasteiger charge is 2.37. The molecule has 0 bridgehead atoms. The lowest BCUT2D eigenvalue weighted by molar-refractivity contribution is 0.346. The highest BCUT2D eigenvalue weighted by atomic mass is 16.5. The summed E-state index contributed by atoms with van der Waals surface area (Å²) in [5, 5.41) is 3.83. The fourth-order valence-electron chi connectivity index (χ4n) is 4.86. The first-order valence-electron chi connectivity index (χ1n) is 11.4. The van der Waals surface area contributed by atoms with Gasteiger partial charge in [0.25, 0.3) is 0 Å². The molecule has 6 heteroatoms. The van der Waals surface area contributed by atoms with Gasteiger partial charge >= 0.3 is 0 Å². The Kier molecular flexibility index (Phi) is 5.92. The Hall–Kier alpha value is -3.51. The summed E-state index contributed by atoms with van der Waals surface area (Å²) in [6.07, 6.45) is 6.90. The van der Waals surface area contributed by atoms with Gasteiger partial charge in [0, 0.05) is 55.0 Å². The smallest absolute Gasteiger partial charge is 0.166 e. The van der Waals surface area contributed by atoms with E-state index in [0.717, 1.165) is 47.9 Å². The first-order valence-corrected chi connectivity index (χ1v) is 11.4. The van der Waals surface area contributed by atoms with Crippen LogP contribution in [0.15, 0.2) is 73.2 Å². The van der Waals surface area contributed by atoms with Crippen LogP contribution < -0.4 is 19.7 Å². The summed E-state index contributed by atoms with van der Waals surface area (Å²) >= 11 is 0. The maximum Gasteiger partial charge on any atom is 0.166 e. The van der Waals surface area contributed by atoms with E-state index in [1.165, 1.54) is 11.1 Å². The van der Waals surface area contributed by atoms with Gasteiger partial charge < -0.3 is 24.1 Å². The van der Waals surface area contributed by atoms with Gasteiger partial charge in [0.1, 0.15) is 5.65 Å². The molecule has 0 amide bonds. The summed E-state index contributed by atoms with van der Waals surface area (Å²) in [4.78, 5) is 6.94. The molecule has 0 saturated carbocycles. The first-order chi connectivity index (χ1) is 16.2. The van der Waals surface area contributed by atoms with Gasteiger partial charge in [-0.05, 0) is 31.0 Å². The van der Waals surface area contributed by atoms with E-state index < -0.39 is 0 Å². The number of fused-ring (bicyclic) bond motifs is 1. The minimum absolute atomic E-state index is 0.0953. The number of para-hydroxylation sites is 1. The van der Waals surface area contributed by atoms with Crippen molar-refractivity contribution in [3.8, 4) is 11.5 Å². The second kappa shape index (κ2) is 9.16. The standard InChI is InChI=1S/C27H30N4O2/c1-19-7-9-20(10-8-19)18-29-23-12-15-31(21-11-14-30-16-13-28-25(30)17-21)26(23)22-5-4-6-24(32-2)27(22)33-3/h4-11,13-14,16-17,23,26,29H,12,15,18H2,1-3H3. The zero-order chi connectivity index (χ0) is 22.8. The second-order valence-corrected chi connectivity index (χ2v) is 8.56. The molecule has 0 radical (unpaired) electrons. The van der Waals surface area contributed by atoms with Crippen molar-refractivity contribution < 1.29 is 9.47 Å². The van der Waals surface area contributed by atoms with Gasteiger partial charge in [-0.15, -0.1) is 0 Å². The van der Waals surface area contributed by atoms with Crippen LogP contribution in [0.5, 0.6) is 11.5 Å². The SMILES string of the molecule is COc1cccc(C2C(NCc3ccc(C)cc3)CCN2c2ccn3ccnc3c2)c1OC. The Balaban J connectivity index is 1.51. The van der Waals surface area contributed by atoms with E-state index in [1.807, 2.05) is 28.9 Å². The monoisotopic (exact) mass is 442 g/mol. The number of aromatic nitrogens is 2. The molecular weight excluding hydrogens is 412 g/mol. The van der Waals surface area contributed by atoms with Gasteiger partial charge in [-0.25, -0.2) is 4.98 Å². The number of nitrogens with one attached hydrogen (secondary N) is 1. The minimum atomic E-state index is 0.0953. The Bertz CT molecular complexity index is 1230. The largest absolute Gasteiger partial charge is 0.493 e. The van der Waals surface area contributed by atoms with Crippen molar-refractivity contribution in [1.82, 2.24) is 14.7 Å². The molecule has 1 aliphatic rings. The van der Waals surface area contributed by atoms with Crippen molar-refractivity contribution in [2.24, 2.45) is 0 Å². The van der Waals surface area contributed by atoms with Gasteiger partial charge in [-0.3, -0.25) is 0 Å². The summed E-state index contributed by atoms with van der Waals surface area (Å²) in [7, 11) is 3.40. The predicted octanol–water partition coefficient (Wildman–Crippen LogP) is 4.77. The van der Waals surface area contributed by atoms with E-state index in [2.05, 4.69) is 70.8 Å². The number of imidazole rings is 1. The maximum atomic E-state index is 5.85. The number of rotatable bonds is 7. The summed E-state index contributed by atoms with van der Waals surface area (Å²) in [5.41, 5.74) is 5.79. The van der Waals surface area contributed by atoms with Crippen molar-refractivity contribution in [1.29, 1.82) is 0 Å². The third kappa shape index (κ3) is 4.14. The molecule has 6 nitrogen and oxygen atoms in total. The van der Waals surface area contributed by atoms with Gasteiger partial charge in [0.2, 0.25) is 0 Å². The molecule has 2 aromatic heterocycles. The van der Waals surface area contributed by atoms with Crippen molar-refractivity contribution in [2.75, 3.05) is 25.7 Å². The fourth-order valence-corrected chi connectivity index (χ4v) is 4.86. The summed E-state index contributed by atoms with van der Waals surface area (Å²) in [6, 6.07) is 19.5.